The third-order valence-corrected chi connectivity index (χ3v) is 8.76. The number of nitrogens with one attached hydrogen (secondary N) is 1. The first-order chi connectivity index (χ1) is 19.0. The van der Waals surface area contributed by atoms with Gasteiger partial charge in [0.05, 0.1) is 0 Å². The van der Waals surface area contributed by atoms with Crippen LogP contribution in [0.1, 0.15) is 54.0 Å². The summed E-state index contributed by atoms with van der Waals surface area (Å²) in [4.78, 5) is 14.5. The van der Waals surface area contributed by atoms with Crippen LogP contribution in [0.5, 0.6) is 0 Å². The van der Waals surface area contributed by atoms with Gasteiger partial charge in [-0.05, 0) is 68.1 Å². The fraction of sp³-hybridized carbons (Fsp3) is 0.306. The van der Waals surface area contributed by atoms with Crippen LogP contribution in [-0.2, 0) is 15.6 Å². The van der Waals surface area contributed by atoms with Gasteiger partial charge in [0.1, 0.15) is 0 Å². The Morgan fingerprint density at radius 3 is 1.74 bits per heavy atom. The molecule has 1 aliphatic heterocycles. The van der Waals surface area contributed by atoms with Crippen LogP contribution >= 0.6 is 0 Å². The third-order valence-electron chi connectivity index (χ3n) is 8.76. The standard InChI is InChI=1S/C36H40N2O/c1-29-18-20-34(21-19-29)36(32-14-8-4-9-15-32,33-16-10-5-11-17-33)24-27-38-25-22-35(23-26-38,28-37-30(2)39)31-12-6-3-7-13-31/h3-21H,22-28H2,1-2H3,(H,37,39). The van der Waals surface area contributed by atoms with E-state index in [-0.39, 0.29) is 16.7 Å². The van der Waals surface area contributed by atoms with Crippen LogP contribution in [0, 0.1) is 6.92 Å². The lowest BCUT2D eigenvalue weighted by Gasteiger charge is -2.44. The SMILES string of the molecule is CC(=O)NCC1(c2ccccc2)CCN(CCC(c2ccccc2)(c2ccccc2)c2ccc(C)cc2)CC1. The maximum Gasteiger partial charge on any atom is 0.216 e. The van der Waals surface area contributed by atoms with Gasteiger partial charge in [-0.3, -0.25) is 4.79 Å². The van der Waals surface area contributed by atoms with Crippen molar-refractivity contribution >= 4 is 5.91 Å². The summed E-state index contributed by atoms with van der Waals surface area (Å²) in [6.07, 6.45) is 3.06. The lowest BCUT2D eigenvalue weighted by atomic mass is 9.67. The Balaban J connectivity index is 1.43. The van der Waals surface area contributed by atoms with Crippen molar-refractivity contribution in [3.05, 3.63) is 143 Å². The molecule has 4 aromatic rings. The van der Waals surface area contributed by atoms with Crippen LogP contribution in [0.2, 0.25) is 0 Å². The number of carbonyl (C=O) groups excluding carboxylic acids is 1. The zero-order chi connectivity index (χ0) is 27.1. The van der Waals surface area contributed by atoms with Gasteiger partial charge in [0.15, 0.2) is 0 Å². The number of amides is 1. The van der Waals surface area contributed by atoms with Gasteiger partial charge in [0, 0.05) is 24.3 Å². The number of piperidine rings is 1. The van der Waals surface area contributed by atoms with Gasteiger partial charge in [0.2, 0.25) is 5.91 Å². The maximum atomic E-state index is 11.8. The summed E-state index contributed by atoms with van der Waals surface area (Å²) >= 11 is 0. The van der Waals surface area contributed by atoms with Gasteiger partial charge in [-0.25, -0.2) is 0 Å². The number of hydrogen-bond acceptors (Lipinski definition) is 2. The largest absolute Gasteiger partial charge is 0.355 e. The maximum absolute atomic E-state index is 11.8. The van der Waals surface area contributed by atoms with Gasteiger partial charge in [-0.1, -0.05) is 121 Å². The van der Waals surface area contributed by atoms with E-state index >= 15 is 0 Å². The summed E-state index contributed by atoms with van der Waals surface area (Å²) in [5.41, 5.74) is 6.37. The molecule has 1 saturated heterocycles. The van der Waals surface area contributed by atoms with Crippen LogP contribution < -0.4 is 5.32 Å². The highest BCUT2D eigenvalue weighted by Gasteiger charge is 2.39. The summed E-state index contributed by atoms with van der Waals surface area (Å²) in [5.74, 6) is 0.0429. The molecular formula is C36H40N2O. The minimum atomic E-state index is -0.236. The van der Waals surface area contributed by atoms with Crippen LogP contribution in [0.3, 0.4) is 0 Å². The van der Waals surface area contributed by atoms with Crippen molar-refractivity contribution in [2.75, 3.05) is 26.2 Å². The Bertz CT molecular complexity index is 1290. The Morgan fingerprint density at radius 2 is 1.23 bits per heavy atom. The predicted molar refractivity (Wildman–Crippen MR) is 161 cm³/mol. The Kier molecular flexibility index (Phi) is 8.28. The second kappa shape index (κ2) is 12.0. The molecule has 4 aromatic carbocycles. The summed E-state index contributed by atoms with van der Waals surface area (Å²) in [7, 11) is 0. The molecule has 3 heteroatoms. The van der Waals surface area contributed by atoms with E-state index < -0.39 is 0 Å². The monoisotopic (exact) mass is 516 g/mol. The van der Waals surface area contributed by atoms with Crippen molar-refractivity contribution in [3.8, 4) is 0 Å². The van der Waals surface area contributed by atoms with E-state index in [1.807, 2.05) is 0 Å². The average molecular weight is 517 g/mol. The van der Waals surface area contributed by atoms with Crippen molar-refractivity contribution in [2.45, 2.75) is 43.9 Å². The van der Waals surface area contributed by atoms with E-state index in [9.17, 15) is 4.79 Å². The molecule has 1 aliphatic rings. The van der Waals surface area contributed by atoms with Crippen molar-refractivity contribution in [1.29, 1.82) is 0 Å². The highest BCUT2D eigenvalue weighted by atomic mass is 16.1. The number of aryl methyl sites for hydroxylation is 1. The number of likely N-dealkylation sites (tertiary alicyclic amines) is 1. The van der Waals surface area contributed by atoms with E-state index in [1.54, 1.807) is 6.92 Å². The van der Waals surface area contributed by atoms with E-state index in [4.69, 9.17) is 0 Å². The molecule has 1 fully saturated rings. The minimum absolute atomic E-state index is 0.0175. The lowest BCUT2D eigenvalue weighted by molar-refractivity contribution is -0.119. The molecule has 0 saturated carbocycles. The highest BCUT2D eigenvalue weighted by Crippen LogP contribution is 2.43. The quantitative estimate of drug-likeness (QED) is 0.246. The van der Waals surface area contributed by atoms with Gasteiger partial charge < -0.3 is 10.2 Å². The Morgan fingerprint density at radius 1 is 0.744 bits per heavy atom. The molecule has 1 heterocycles. The molecule has 0 bridgehead atoms. The van der Waals surface area contributed by atoms with Gasteiger partial charge in [-0.2, -0.15) is 0 Å². The first kappa shape index (κ1) is 26.9. The number of carbonyl (C=O) groups is 1. The highest BCUT2D eigenvalue weighted by molar-refractivity contribution is 5.73. The second-order valence-corrected chi connectivity index (χ2v) is 11.2. The number of benzene rings is 4. The molecule has 0 atom stereocenters. The Labute approximate surface area is 233 Å². The molecule has 1 amide bonds. The summed E-state index contributed by atoms with van der Waals surface area (Å²) < 4.78 is 0. The van der Waals surface area contributed by atoms with Crippen LogP contribution in [-0.4, -0.2) is 37.0 Å². The van der Waals surface area contributed by atoms with Crippen LogP contribution in [0.25, 0.3) is 0 Å². The fourth-order valence-electron chi connectivity index (χ4n) is 6.40. The Hall–Kier alpha value is -3.69. The first-order valence-electron chi connectivity index (χ1n) is 14.2. The second-order valence-electron chi connectivity index (χ2n) is 11.2. The summed E-state index contributed by atoms with van der Waals surface area (Å²) in [5, 5.41) is 3.14. The van der Waals surface area contributed by atoms with E-state index in [2.05, 4.69) is 132 Å². The molecule has 0 radical (unpaired) electrons. The van der Waals surface area contributed by atoms with Gasteiger partial charge in [-0.15, -0.1) is 0 Å². The molecule has 0 unspecified atom stereocenters. The number of rotatable bonds is 9. The normalized spacial score (nSPS) is 15.5. The molecule has 5 rings (SSSR count). The van der Waals surface area contributed by atoms with E-state index in [1.165, 1.54) is 27.8 Å². The van der Waals surface area contributed by atoms with Gasteiger partial charge in [0.25, 0.3) is 0 Å². The van der Waals surface area contributed by atoms with Gasteiger partial charge >= 0.3 is 0 Å². The molecule has 0 aliphatic carbocycles. The number of nitrogens with zero attached hydrogens (tertiary/aromatic N) is 1. The van der Waals surface area contributed by atoms with E-state index in [0.717, 1.165) is 38.9 Å². The number of hydrogen-bond donors (Lipinski definition) is 1. The molecule has 0 aromatic heterocycles. The minimum Gasteiger partial charge on any atom is -0.355 e. The topological polar surface area (TPSA) is 32.3 Å². The molecule has 0 spiro atoms. The zero-order valence-electron chi connectivity index (χ0n) is 23.3. The summed E-state index contributed by atoms with van der Waals surface area (Å²) in [6.45, 7) is 7.50. The molecule has 1 N–H and O–H groups in total. The molecule has 3 nitrogen and oxygen atoms in total. The van der Waals surface area contributed by atoms with Crippen molar-refractivity contribution in [3.63, 3.8) is 0 Å². The lowest BCUT2D eigenvalue weighted by Crippen LogP contribution is -2.49. The van der Waals surface area contributed by atoms with E-state index in [0.29, 0.717) is 6.54 Å². The third kappa shape index (κ3) is 5.84. The fourth-order valence-corrected chi connectivity index (χ4v) is 6.40. The predicted octanol–water partition coefficient (Wildman–Crippen LogP) is 6.89. The zero-order valence-corrected chi connectivity index (χ0v) is 23.3. The molecular weight excluding hydrogens is 476 g/mol. The first-order valence-corrected chi connectivity index (χ1v) is 14.2. The molecule has 200 valence electrons. The van der Waals surface area contributed by atoms with Crippen molar-refractivity contribution < 1.29 is 4.79 Å². The van der Waals surface area contributed by atoms with Crippen molar-refractivity contribution in [2.24, 2.45) is 0 Å². The average Bonchev–Trinajstić information content (AvgIpc) is 2.99. The molecule has 39 heavy (non-hydrogen) atoms. The smallest absolute Gasteiger partial charge is 0.216 e. The summed E-state index contributed by atoms with van der Waals surface area (Å²) in [6, 6.07) is 41.9. The van der Waals surface area contributed by atoms with Crippen molar-refractivity contribution in [1.82, 2.24) is 10.2 Å². The van der Waals surface area contributed by atoms with Crippen LogP contribution in [0.15, 0.2) is 115 Å². The van der Waals surface area contributed by atoms with Crippen LogP contribution in [0.4, 0.5) is 0 Å².